The van der Waals surface area contributed by atoms with Crippen molar-refractivity contribution in [3.8, 4) is 0 Å². The number of hydrogen-bond acceptors (Lipinski definition) is 3. The molecule has 0 saturated heterocycles. The van der Waals surface area contributed by atoms with E-state index in [2.05, 4.69) is 12.2 Å². The third kappa shape index (κ3) is 12.5. The molecule has 4 nitrogen and oxygen atoms in total. The number of rotatable bonds is 19. The molecule has 1 aromatic carbocycles. The van der Waals surface area contributed by atoms with Crippen molar-refractivity contribution < 1.29 is 23.1 Å². The lowest BCUT2D eigenvalue weighted by molar-refractivity contribution is -0.147. The van der Waals surface area contributed by atoms with E-state index in [0.717, 1.165) is 31.4 Å². The average Bonchev–Trinajstić information content (AvgIpc) is 2.79. The Morgan fingerprint density at radius 3 is 1.68 bits per heavy atom. The smallest absolute Gasteiger partial charge is 0.328 e. The number of amides is 1. The van der Waals surface area contributed by atoms with Crippen molar-refractivity contribution in [3.63, 3.8) is 0 Å². The average molecular weight is 482 g/mol. The van der Waals surface area contributed by atoms with Crippen molar-refractivity contribution in [2.75, 3.05) is 6.61 Å². The van der Waals surface area contributed by atoms with E-state index in [-0.39, 0.29) is 12.5 Å². The predicted molar refractivity (Wildman–Crippen MR) is 134 cm³/mol. The SMILES string of the molecule is CCCCCCCCCCCCCCCCOC(=O)C(NC(=O)c1c(F)cccc1F)C(C)C. The number of benzene rings is 1. The maximum Gasteiger partial charge on any atom is 0.328 e. The van der Waals surface area contributed by atoms with Gasteiger partial charge in [-0.1, -0.05) is 110 Å². The topological polar surface area (TPSA) is 55.4 Å². The first-order valence-electron chi connectivity index (χ1n) is 13.3. The van der Waals surface area contributed by atoms with E-state index in [1.54, 1.807) is 13.8 Å². The van der Waals surface area contributed by atoms with Crippen LogP contribution in [0.5, 0.6) is 0 Å². The highest BCUT2D eigenvalue weighted by atomic mass is 19.1. The highest BCUT2D eigenvalue weighted by Gasteiger charge is 2.28. The lowest BCUT2D eigenvalue weighted by atomic mass is 10.0. The van der Waals surface area contributed by atoms with Crippen LogP contribution in [0.25, 0.3) is 0 Å². The van der Waals surface area contributed by atoms with Crippen LogP contribution in [0.4, 0.5) is 8.78 Å². The minimum atomic E-state index is -0.962. The maximum atomic E-state index is 13.8. The van der Waals surface area contributed by atoms with Gasteiger partial charge in [-0.05, 0) is 24.5 Å². The van der Waals surface area contributed by atoms with Gasteiger partial charge in [-0.15, -0.1) is 0 Å². The van der Waals surface area contributed by atoms with Crippen molar-refractivity contribution in [1.82, 2.24) is 5.32 Å². The van der Waals surface area contributed by atoms with Gasteiger partial charge in [0.25, 0.3) is 5.91 Å². The first kappa shape index (κ1) is 30.1. The molecule has 0 heterocycles. The van der Waals surface area contributed by atoms with E-state index in [1.165, 1.54) is 76.7 Å². The molecule has 34 heavy (non-hydrogen) atoms. The van der Waals surface area contributed by atoms with Crippen molar-refractivity contribution in [2.45, 2.75) is 117 Å². The van der Waals surface area contributed by atoms with E-state index in [1.807, 2.05) is 0 Å². The van der Waals surface area contributed by atoms with Gasteiger partial charge in [0.1, 0.15) is 23.2 Å². The highest BCUT2D eigenvalue weighted by molar-refractivity contribution is 5.97. The van der Waals surface area contributed by atoms with E-state index < -0.39 is 35.1 Å². The van der Waals surface area contributed by atoms with E-state index in [4.69, 9.17) is 4.74 Å². The molecule has 6 heteroatoms. The first-order valence-corrected chi connectivity index (χ1v) is 13.3. The Balaban J connectivity index is 2.15. The molecule has 0 aliphatic carbocycles. The minimum Gasteiger partial charge on any atom is -0.464 e. The van der Waals surface area contributed by atoms with E-state index in [9.17, 15) is 18.4 Å². The summed E-state index contributed by atoms with van der Waals surface area (Å²) in [5.74, 6) is -3.73. The van der Waals surface area contributed by atoms with Crippen molar-refractivity contribution >= 4 is 11.9 Å². The van der Waals surface area contributed by atoms with Gasteiger partial charge in [0.2, 0.25) is 0 Å². The largest absolute Gasteiger partial charge is 0.464 e. The molecule has 1 atom stereocenters. The molecule has 1 unspecified atom stereocenters. The second-order valence-corrected chi connectivity index (χ2v) is 9.56. The molecule has 0 radical (unpaired) electrons. The molecule has 194 valence electrons. The van der Waals surface area contributed by atoms with Crippen LogP contribution in [0, 0.1) is 17.6 Å². The Bertz CT molecular complexity index is 689. The molecule has 0 aliphatic heterocycles. The van der Waals surface area contributed by atoms with Crippen LogP contribution in [0.1, 0.15) is 121 Å². The van der Waals surface area contributed by atoms with E-state index in [0.29, 0.717) is 0 Å². The monoisotopic (exact) mass is 481 g/mol. The molecule has 0 fully saturated rings. The number of esters is 1. The van der Waals surface area contributed by atoms with Gasteiger partial charge in [0.05, 0.1) is 6.61 Å². The van der Waals surface area contributed by atoms with Gasteiger partial charge in [-0.25, -0.2) is 13.6 Å². The van der Waals surface area contributed by atoms with E-state index >= 15 is 0 Å². The Morgan fingerprint density at radius 1 is 0.794 bits per heavy atom. The number of unbranched alkanes of at least 4 members (excludes halogenated alkanes) is 13. The molecule has 0 aliphatic rings. The summed E-state index contributed by atoms with van der Waals surface area (Å²) in [6, 6.07) is 2.25. The van der Waals surface area contributed by atoms with Gasteiger partial charge >= 0.3 is 5.97 Å². The summed E-state index contributed by atoms with van der Waals surface area (Å²) < 4.78 is 33.0. The first-order chi connectivity index (χ1) is 16.4. The van der Waals surface area contributed by atoms with Crippen molar-refractivity contribution in [3.05, 3.63) is 35.4 Å². The van der Waals surface area contributed by atoms with Crippen LogP contribution in [-0.2, 0) is 9.53 Å². The van der Waals surface area contributed by atoms with Crippen molar-refractivity contribution in [1.29, 1.82) is 0 Å². The lowest BCUT2D eigenvalue weighted by Gasteiger charge is -2.21. The number of carbonyl (C=O) groups is 2. The van der Waals surface area contributed by atoms with Gasteiger partial charge in [-0.3, -0.25) is 4.79 Å². The number of hydrogen-bond donors (Lipinski definition) is 1. The third-order valence-corrected chi connectivity index (χ3v) is 6.14. The van der Waals surface area contributed by atoms with Gasteiger partial charge < -0.3 is 10.1 Å². The summed E-state index contributed by atoms with van der Waals surface area (Å²) in [6.45, 7) is 6.02. The number of nitrogens with one attached hydrogen (secondary N) is 1. The normalized spacial score (nSPS) is 12.1. The molecule has 0 aromatic heterocycles. The van der Waals surface area contributed by atoms with Gasteiger partial charge in [0, 0.05) is 0 Å². The summed E-state index contributed by atoms with van der Waals surface area (Å²) in [4.78, 5) is 24.8. The maximum absolute atomic E-state index is 13.8. The second kappa shape index (κ2) is 18.4. The molecular formula is C28H45F2NO3. The van der Waals surface area contributed by atoms with Crippen LogP contribution < -0.4 is 5.32 Å². The number of halogens is 2. The summed E-state index contributed by atoms with van der Waals surface area (Å²) >= 11 is 0. The molecule has 0 saturated carbocycles. The molecule has 1 rings (SSSR count). The zero-order valence-electron chi connectivity index (χ0n) is 21.5. The highest BCUT2D eigenvalue weighted by Crippen LogP contribution is 2.15. The Morgan fingerprint density at radius 2 is 1.24 bits per heavy atom. The number of carbonyl (C=O) groups excluding carboxylic acids is 2. The van der Waals surface area contributed by atoms with Crippen LogP contribution >= 0.6 is 0 Å². The summed E-state index contributed by atoms with van der Waals surface area (Å²) in [5.41, 5.74) is -0.687. The Kier molecular flexibility index (Phi) is 16.2. The summed E-state index contributed by atoms with van der Waals surface area (Å²) in [5, 5.41) is 2.42. The third-order valence-electron chi connectivity index (χ3n) is 6.14. The zero-order chi connectivity index (χ0) is 25.2. The lowest BCUT2D eigenvalue weighted by Crippen LogP contribution is -2.45. The van der Waals surface area contributed by atoms with Crippen LogP contribution in [-0.4, -0.2) is 24.5 Å². The van der Waals surface area contributed by atoms with Crippen LogP contribution in [0.3, 0.4) is 0 Å². The standard InChI is InChI=1S/C28H45F2NO3/c1-4-5-6-7-8-9-10-11-12-13-14-15-16-17-21-34-28(33)26(22(2)3)31-27(32)25-23(29)19-18-20-24(25)30/h18-20,22,26H,4-17,21H2,1-3H3,(H,31,32). The van der Waals surface area contributed by atoms with Crippen LogP contribution in [0.15, 0.2) is 18.2 Å². The molecule has 0 bridgehead atoms. The summed E-state index contributed by atoms with van der Waals surface area (Å²) in [7, 11) is 0. The van der Waals surface area contributed by atoms with Gasteiger partial charge in [0.15, 0.2) is 0 Å². The Hall–Kier alpha value is -1.98. The molecule has 1 amide bonds. The molecular weight excluding hydrogens is 436 g/mol. The fourth-order valence-corrected chi connectivity index (χ4v) is 3.99. The molecule has 1 aromatic rings. The molecule has 0 spiro atoms. The quantitative estimate of drug-likeness (QED) is 0.162. The zero-order valence-corrected chi connectivity index (χ0v) is 21.5. The fraction of sp³-hybridized carbons (Fsp3) is 0.714. The number of ether oxygens (including phenoxy) is 1. The summed E-state index contributed by atoms with van der Waals surface area (Å²) in [6.07, 6.45) is 17.5. The minimum absolute atomic E-state index is 0.275. The second-order valence-electron chi connectivity index (χ2n) is 9.56. The van der Waals surface area contributed by atoms with Crippen molar-refractivity contribution in [2.24, 2.45) is 5.92 Å². The molecule has 1 N–H and O–H groups in total. The Labute approximate surface area is 205 Å². The fourth-order valence-electron chi connectivity index (χ4n) is 3.99. The van der Waals surface area contributed by atoms with Gasteiger partial charge in [-0.2, -0.15) is 0 Å². The van der Waals surface area contributed by atoms with Crippen LogP contribution in [0.2, 0.25) is 0 Å². The predicted octanol–water partition coefficient (Wildman–Crippen LogP) is 7.74.